The number of Topliss-reactive ketones (excluding diaryl/α,β-unsaturated/α-hetero) is 1. The van der Waals surface area contributed by atoms with Gasteiger partial charge < -0.3 is 0 Å². The maximum absolute atomic E-state index is 11.6. The van der Waals surface area contributed by atoms with Crippen LogP contribution in [0.4, 0.5) is 0 Å². The van der Waals surface area contributed by atoms with Gasteiger partial charge in [-0.2, -0.15) is 0 Å². The molecular formula is C12H15IO. The highest BCUT2D eigenvalue weighted by molar-refractivity contribution is 14.1. The van der Waals surface area contributed by atoms with Gasteiger partial charge in [0.1, 0.15) is 0 Å². The molecule has 1 nitrogen and oxygen atoms in total. The molecule has 2 heteroatoms. The topological polar surface area (TPSA) is 17.1 Å². The van der Waals surface area contributed by atoms with E-state index >= 15 is 0 Å². The van der Waals surface area contributed by atoms with Crippen molar-refractivity contribution in [2.24, 2.45) is 0 Å². The van der Waals surface area contributed by atoms with Crippen molar-refractivity contribution in [3.05, 3.63) is 35.9 Å². The number of benzene rings is 1. The molecule has 0 aliphatic rings. The van der Waals surface area contributed by atoms with Crippen LogP contribution in [-0.4, -0.2) is 9.71 Å². The second-order valence-corrected chi connectivity index (χ2v) is 5.59. The first-order chi connectivity index (χ1) is 6.70. The molecule has 0 bridgehead atoms. The predicted octanol–water partition coefficient (Wildman–Crippen LogP) is 3.86. The smallest absolute Gasteiger partial charge is 0.162 e. The van der Waals surface area contributed by atoms with E-state index in [0.717, 1.165) is 18.4 Å². The average molecular weight is 302 g/mol. The molecule has 0 amide bonds. The molecule has 1 unspecified atom stereocenters. The van der Waals surface area contributed by atoms with E-state index in [-0.39, 0.29) is 5.78 Å². The Morgan fingerprint density at radius 2 is 2.00 bits per heavy atom. The lowest BCUT2D eigenvalue weighted by molar-refractivity contribution is 0.0979. The summed E-state index contributed by atoms with van der Waals surface area (Å²) in [6.45, 7) is 2.17. The fourth-order valence-electron chi connectivity index (χ4n) is 1.31. The first-order valence-electron chi connectivity index (χ1n) is 4.92. The molecule has 0 saturated carbocycles. The van der Waals surface area contributed by atoms with Crippen LogP contribution >= 0.6 is 22.6 Å². The predicted molar refractivity (Wildman–Crippen MR) is 68.1 cm³/mol. The van der Waals surface area contributed by atoms with Crippen molar-refractivity contribution in [2.45, 2.75) is 30.1 Å². The highest BCUT2D eigenvalue weighted by Gasteiger charge is 2.05. The number of carbonyl (C=O) groups is 1. The van der Waals surface area contributed by atoms with Crippen molar-refractivity contribution in [2.75, 3.05) is 0 Å². The van der Waals surface area contributed by atoms with Gasteiger partial charge in [0.2, 0.25) is 0 Å². The van der Waals surface area contributed by atoms with Crippen LogP contribution in [0.1, 0.15) is 36.5 Å². The van der Waals surface area contributed by atoms with Crippen molar-refractivity contribution >= 4 is 28.4 Å². The Kier molecular flexibility index (Phi) is 5.15. The maximum Gasteiger partial charge on any atom is 0.162 e. The minimum atomic E-state index is 0.266. The van der Waals surface area contributed by atoms with Gasteiger partial charge in [0.05, 0.1) is 0 Å². The first kappa shape index (κ1) is 11.7. The Morgan fingerprint density at radius 3 is 2.57 bits per heavy atom. The van der Waals surface area contributed by atoms with Gasteiger partial charge in [-0.15, -0.1) is 0 Å². The second-order valence-electron chi connectivity index (χ2n) is 3.46. The van der Waals surface area contributed by atoms with Crippen molar-refractivity contribution in [1.29, 1.82) is 0 Å². The van der Waals surface area contributed by atoms with Crippen LogP contribution < -0.4 is 0 Å². The van der Waals surface area contributed by atoms with Crippen molar-refractivity contribution in [3.63, 3.8) is 0 Å². The molecule has 0 aromatic heterocycles. The van der Waals surface area contributed by atoms with Crippen LogP contribution in [0, 0.1) is 0 Å². The van der Waals surface area contributed by atoms with E-state index in [1.54, 1.807) is 0 Å². The lowest BCUT2D eigenvalue weighted by Gasteiger charge is -2.02. The van der Waals surface area contributed by atoms with Crippen molar-refractivity contribution in [1.82, 2.24) is 0 Å². The van der Waals surface area contributed by atoms with Crippen LogP contribution in [0.15, 0.2) is 30.3 Å². The van der Waals surface area contributed by atoms with Crippen molar-refractivity contribution in [3.8, 4) is 0 Å². The van der Waals surface area contributed by atoms with Crippen LogP contribution in [-0.2, 0) is 0 Å². The minimum Gasteiger partial charge on any atom is -0.294 e. The highest BCUT2D eigenvalue weighted by Crippen LogP contribution is 2.12. The molecule has 76 valence electrons. The quantitative estimate of drug-likeness (QED) is 0.458. The van der Waals surface area contributed by atoms with Crippen LogP contribution in [0.3, 0.4) is 0 Å². The van der Waals surface area contributed by atoms with Gasteiger partial charge in [-0.3, -0.25) is 4.79 Å². The third kappa shape index (κ3) is 4.22. The van der Waals surface area contributed by atoms with E-state index in [0.29, 0.717) is 10.3 Å². The third-order valence-corrected chi connectivity index (χ3v) is 2.72. The number of ketones is 1. The average Bonchev–Trinajstić information content (AvgIpc) is 2.18. The molecule has 0 N–H and O–H groups in total. The molecule has 0 saturated heterocycles. The monoisotopic (exact) mass is 302 g/mol. The number of halogens is 1. The molecule has 0 radical (unpaired) electrons. The number of hydrogen-bond acceptors (Lipinski definition) is 1. The molecule has 14 heavy (non-hydrogen) atoms. The molecule has 0 aliphatic heterocycles. The van der Waals surface area contributed by atoms with E-state index in [9.17, 15) is 4.79 Å². The van der Waals surface area contributed by atoms with Gasteiger partial charge in [0.15, 0.2) is 5.78 Å². The number of rotatable bonds is 5. The fourth-order valence-corrected chi connectivity index (χ4v) is 1.75. The van der Waals surface area contributed by atoms with Crippen LogP contribution in [0.25, 0.3) is 0 Å². The molecule has 0 spiro atoms. The zero-order chi connectivity index (χ0) is 10.4. The molecule has 1 aromatic rings. The fraction of sp³-hybridized carbons (Fsp3) is 0.417. The Labute approximate surface area is 99.0 Å². The standard InChI is InChI=1S/C12H15IO/c1-10(13)6-5-9-12(14)11-7-3-2-4-8-11/h2-4,7-8,10H,5-6,9H2,1H3. The summed E-state index contributed by atoms with van der Waals surface area (Å²) in [4.78, 5) is 11.6. The Bertz CT molecular complexity index is 280. The van der Waals surface area contributed by atoms with Gasteiger partial charge in [0.25, 0.3) is 0 Å². The summed E-state index contributed by atoms with van der Waals surface area (Å²) in [5, 5.41) is 0. The van der Waals surface area contributed by atoms with E-state index < -0.39 is 0 Å². The van der Waals surface area contributed by atoms with Gasteiger partial charge in [-0.25, -0.2) is 0 Å². The summed E-state index contributed by atoms with van der Waals surface area (Å²) in [6, 6.07) is 9.53. The first-order valence-corrected chi connectivity index (χ1v) is 6.17. The second kappa shape index (κ2) is 6.17. The molecule has 1 rings (SSSR count). The zero-order valence-electron chi connectivity index (χ0n) is 8.37. The van der Waals surface area contributed by atoms with Crippen LogP contribution in [0.5, 0.6) is 0 Å². The highest BCUT2D eigenvalue weighted by atomic mass is 127. The summed E-state index contributed by atoms with van der Waals surface area (Å²) in [6.07, 6.45) is 2.80. The Morgan fingerprint density at radius 1 is 1.36 bits per heavy atom. The van der Waals surface area contributed by atoms with E-state index in [2.05, 4.69) is 29.5 Å². The van der Waals surface area contributed by atoms with E-state index in [4.69, 9.17) is 0 Å². The Balaban J connectivity index is 2.36. The maximum atomic E-state index is 11.6. The SMILES string of the molecule is CC(I)CCCC(=O)c1ccccc1. The van der Waals surface area contributed by atoms with Gasteiger partial charge >= 0.3 is 0 Å². The largest absolute Gasteiger partial charge is 0.294 e. The number of hydrogen-bond donors (Lipinski definition) is 0. The zero-order valence-corrected chi connectivity index (χ0v) is 10.5. The van der Waals surface area contributed by atoms with Crippen molar-refractivity contribution < 1.29 is 4.79 Å². The summed E-state index contributed by atoms with van der Waals surface area (Å²) < 4.78 is 0.663. The molecule has 0 heterocycles. The number of alkyl halides is 1. The van der Waals surface area contributed by atoms with E-state index in [1.165, 1.54) is 0 Å². The third-order valence-electron chi connectivity index (χ3n) is 2.10. The van der Waals surface area contributed by atoms with E-state index in [1.807, 2.05) is 30.3 Å². The number of carbonyl (C=O) groups excluding carboxylic acids is 1. The Hall–Kier alpha value is -0.380. The molecule has 1 aromatic carbocycles. The van der Waals surface area contributed by atoms with Gasteiger partial charge in [0, 0.05) is 15.9 Å². The summed E-state index contributed by atoms with van der Waals surface area (Å²) in [7, 11) is 0. The summed E-state index contributed by atoms with van der Waals surface area (Å²) >= 11 is 2.39. The minimum absolute atomic E-state index is 0.266. The molecular weight excluding hydrogens is 287 g/mol. The van der Waals surface area contributed by atoms with Crippen LogP contribution in [0.2, 0.25) is 0 Å². The molecule has 0 fully saturated rings. The summed E-state index contributed by atoms with van der Waals surface area (Å²) in [5.74, 6) is 0.266. The van der Waals surface area contributed by atoms with Gasteiger partial charge in [-0.05, 0) is 12.8 Å². The summed E-state index contributed by atoms with van der Waals surface area (Å²) in [5.41, 5.74) is 0.841. The normalized spacial score (nSPS) is 12.4. The lowest BCUT2D eigenvalue weighted by Crippen LogP contribution is -2.00. The molecule has 0 aliphatic carbocycles. The molecule has 1 atom stereocenters. The lowest BCUT2D eigenvalue weighted by atomic mass is 10.1. The van der Waals surface area contributed by atoms with Gasteiger partial charge in [-0.1, -0.05) is 59.8 Å².